The molecule has 0 bridgehead atoms. The van der Waals surface area contributed by atoms with Crippen molar-refractivity contribution in [3.8, 4) is 0 Å². The van der Waals surface area contributed by atoms with Crippen molar-refractivity contribution in [1.82, 2.24) is 19.5 Å². The van der Waals surface area contributed by atoms with E-state index in [9.17, 15) is 4.79 Å². The monoisotopic (exact) mass is 218 g/mol. The lowest BCUT2D eigenvalue weighted by atomic mass is 10.3. The minimum atomic E-state index is -0.261. The van der Waals surface area contributed by atoms with Crippen LogP contribution in [0.4, 0.5) is 0 Å². The lowest BCUT2D eigenvalue weighted by molar-refractivity contribution is 0.579. The molecule has 0 saturated heterocycles. The van der Waals surface area contributed by atoms with Crippen LogP contribution in [0, 0.1) is 0 Å². The van der Waals surface area contributed by atoms with E-state index < -0.39 is 0 Å². The summed E-state index contributed by atoms with van der Waals surface area (Å²) in [5.74, 6) is 0.743. The van der Waals surface area contributed by atoms with E-state index in [1.807, 2.05) is 20.8 Å². The van der Waals surface area contributed by atoms with Gasteiger partial charge in [0.1, 0.15) is 11.5 Å². The molecule has 5 heteroatoms. The van der Waals surface area contributed by atoms with E-state index in [-0.39, 0.29) is 11.7 Å². The van der Waals surface area contributed by atoms with Crippen LogP contribution in [-0.2, 0) is 6.42 Å². The Morgan fingerprint density at radius 2 is 2.00 bits per heavy atom. The lowest BCUT2D eigenvalue weighted by Gasteiger charge is -2.11. The largest absolute Gasteiger partial charge is 0.349 e. The first kappa shape index (κ1) is 10.7. The molecule has 5 nitrogen and oxygen atoms in total. The maximum atomic E-state index is 11.7. The van der Waals surface area contributed by atoms with Crippen LogP contribution in [0.25, 0.3) is 11.0 Å². The van der Waals surface area contributed by atoms with E-state index in [0.29, 0.717) is 5.65 Å². The maximum Gasteiger partial charge on any atom is 0.349 e. The SMILES string of the molecule is CCc1ncc2cnc(=O)n(C(C)C)c2n1. The molecule has 0 spiro atoms. The smallest absolute Gasteiger partial charge is 0.273 e. The van der Waals surface area contributed by atoms with Crippen molar-refractivity contribution in [3.05, 3.63) is 28.7 Å². The number of aromatic nitrogens is 4. The van der Waals surface area contributed by atoms with Gasteiger partial charge in [-0.15, -0.1) is 0 Å². The Labute approximate surface area is 93.2 Å². The average Bonchev–Trinajstić information content (AvgIpc) is 2.27. The molecule has 2 aromatic rings. The third-order valence-corrected chi connectivity index (χ3v) is 2.43. The van der Waals surface area contributed by atoms with Crippen LogP contribution in [-0.4, -0.2) is 19.5 Å². The van der Waals surface area contributed by atoms with Gasteiger partial charge in [0.05, 0.1) is 5.39 Å². The summed E-state index contributed by atoms with van der Waals surface area (Å²) in [7, 11) is 0. The van der Waals surface area contributed by atoms with Gasteiger partial charge >= 0.3 is 5.69 Å². The molecule has 16 heavy (non-hydrogen) atoms. The summed E-state index contributed by atoms with van der Waals surface area (Å²) in [4.78, 5) is 24.1. The number of rotatable bonds is 2. The zero-order valence-corrected chi connectivity index (χ0v) is 9.64. The molecule has 0 aliphatic rings. The van der Waals surface area contributed by atoms with Crippen LogP contribution >= 0.6 is 0 Å². The second-order valence-corrected chi connectivity index (χ2v) is 3.92. The molecule has 0 aliphatic carbocycles. The molecule has 0 aromatic carbocycles. The molecule has 0 saturated carbocycles. The van der Waals surface area contributed by atoms with Crippen molar-refractivity contribution in [3.63, 3.8) is 0 Å². The molecule has 2 rings (SSSR count). The predicted molar refractivity (Wildman–Crippen MR) is 61.4 cm³/mol. The van der Waals surface area contributed by atoms with Gasteiger partial charge in [-0.1, -0.05) is 6.92 Å². The van der Waals surface area contributed by atoms with Gasteiger partial charge < -0.3 is 0 Å². The third kappa shape index (κ3) is 1.68. The fourth-order valence-electron chi connectivity index (χ4n) is 1.61. The molecule has 0 aliphatic heterocycles. The van der Waals surface area contributed by atoms with E-state index in [4.69, 9.17) is 0 Å². The normalized spacial score (nSPS) is 11.2. The predicted octanol–water partition coefficient (Wildman–Crippen LogP) is 1.33. The molecular formula is C11H14N4O. The van der Waals surface area contributed by atoms with Crippen LogP contribution in [0.5, 0.6) is 0 Å². The van der Waals surface area contributed by atoms with Gasteiger partial charge in [-0.3, -0.25) is 4.57 Å². The van der Waals surface area contributed by atoms with Gasteiger partial charge in [0, 0.05) is 24.9 Å². The van der Waals surface area contributed by atoms with Crippen molar-refractivity contribution < 1.29 is 0 Å². The van der Waals surface area contributed by atoms with E-state index in [2.05, 4.69) is 15.0 Å². The highest BCUT2D eigenvalue weighted by atomic mass is 16.1. The number of aryl methyl sites for hydroxylation is 1. The minimum Gasteiger partial charge on any atom is -0.273 e. The summed E-state index contributed by atoms with van der Waals surface area (Å²) in [5.41, 5.74) is 0.408. The van der Waals surface area contributed by atoms with E-state index >= 15 is 0 Å². The standard InChI is InChI=1S/C11H14N4O/c1-4-9-12-5-8-6-13-11(16)15(7(2)3)10(8)14-9/h5-7H,4H2,1-3H3. The summed E-state index contributed by atoms with van der Waals surface area (Å²) in [6.07, 6.45) is 3.99. The topological polar surface area (TPSA) is 60.7 Å². The van der Waals surface area contributed by atoms with Crippen LogP contribution < -0.4 is 5.69 Å². The lowest BCUT2D eigenvalue weighted by Crippen LogP contribution is -2.25. The fraction of sp³-hybridized carbons (Fsp3) is 0.455. The number of fused-ring (bicyclic) bond motifs is 1. The Bertz CT molecular complexity index is 574. The summed E-state index contributed by atoms with van der Waals surface area (Å²) in [6.45, 7) is 5.87. The van der Waals surface area contributed by atoms with Crippen LogP contribution in [0.3, 0.4) is 0 Å². The van der Waals surface area contributed by atoms with Crippen molar-refractivity contribution in [2.75, 3.05) is 0 Å². The van der Waals surface area contributed by atoms with Crippen molar-refractivity contribution >= 4 is 11.0 Å². The second kappa shape index (κ2) is 4.00. The molecule has 0 fully saturated rings. The summed E-state index contributed by atoms with van der Waals surface area (Å²) >= 11 is 0. The number of nitrogens with zero attached hydrogens (tertiary/aromatic N) is 4. The molecular weight excluding hydrogens is 204 g/mol. The molecule has 0 unspecified atom stereocenters. The summed E-state index contributed by atoms with van der Waals surface area (Å²) < 4.78 is 1.59. The summed E-state index contributed by atoms with van der Waals surface area (Å²) in [6, 6.07) is 0.0447. The molecule has 0 radical (unpaired) electrons. The van der Waals surface area contributed by atoms with E-state index in [0.717, 1.165) is 17.6 Å². The Morgan fingerprint density at radius 1 is 1.31 bits per heavy atom. The fourth-order valence-corrected chi connectivity index (χ4v) is 1.61. The van der Waals surface area contributed by atoms with Crippen molar-refractivity contribution in [2.45, 2.75) is 33.2 Å². The first-order valence-corrected chi connectivity index (χ1v) is 5.36. The Morgan fingerprint density at radius 3 is 2.62 bits per heavy atom. The first-order valence-electron chi connectivity index (χ1n) is 5.36. The summed E-state index contributed by atoms with van der Waals surface area (Å²) in [5, 5.41) is 0.797. The van der Waals surface area contributed by atoms with Gasteiger partial charge in [0.25, 0.3) is 0 Å². The van der Waals surface area contributed by atoms with Crippen molar-refractivity contribution in [1.29, 1.82) is 0 Å². The molecule has 0 atom stereocenters. The molecule has 0 amide bonds. The van der Waals surface area contributed by atoms with Gasteiger partial charge in [0.2, 0.25) is 0 Å². The van der Waals surface area contributed by atoms with Crippen LogP contribution in [0.1, 0.15) is 32.6 Å². The molecule has 84 valence electrons. The first-order chi connectivity index (χ1) is 7.63. The Kier molecular flexibility index (Phi) is 2.68. The number of hydrogen-bond acceptors (Lipinski definition) is 4. The Hall–Kier alpha value is -1.78. The highest BCUT2D eigenvalue weighted by Gasteiger charge is 2.09. The molecule has 2 aromatic heterocycles. The minimum absolute atomic E-state index is 0.0447. The van der Waals surface area contributed by atoms with Crippen molar-refractivity contribution in [2.24, 2.45) is 0 Å². The van der Waals surface area contributed by atoms with E-state index in [1.165, 1.54) is 6.20 Å². The zero-order chi connectivity index (χ0) is 11.7. The molecule has 0 N–H and O–H groups in total. The molecule has 2 heterocycles. The zero-order valence-electron chi connectivity index (χ0n) is 9.64. The highest BCUT2D eigenvalue weighted by molar-refractivity contribution is 5.72. The van der Waals surface area contributed by atoms with Gasteiger partial charge in [-0.25, -0.2) is 19.7 Å². The quantitative estimate of drug-likeness (QED) is 0.763. The van der Waals surface area contributed by atoms with Gasteiger partial charge in [-0.2, -0.15) is 0 Å². The van der Waals surface area contributed by atoms with Crippen LogP contribution in [0.2, 0.25) is 0 Å². The second-order valence-electron chi connectivity index (χ2n) is 3.92. The van der Waals surface area contributed by atoms with Gasteiger partial charge in [0.15, 0.2) is 0 Å². The third-order valence-electron chi connectivity index (χ3n) is 2.43. The van der Waals surface area contributed by atoms with E-state index in [1.54, 1.807) is 10.8 Å². The average molecular weight is 218 g/mol. The maximum absolute atomic E-state index is 11.7. The number of hydrogen-bond donors (Lipinski definition) is 0. The van der Waals surface area contributed by atoms with Gasteiger partial charge in [-0.05, 0) is 13.8 Å². The highest BCUT2D eigenvalue weighted by Crippen LogP contribution is 2.11. The van der Waals surface area contributed by atoms with Crippen LogP contribution in [0.15, 0.2) is 17.2 Å². The Balaban J connectivity index is 2.83.